The topological polar surface area (TPSA) is 35.9 Å². The van der Waals surface area contributed by atoms with Crippen LogP contribution in [-0.2, 0) is 0 Å². The minimum atomic E-state index is 0.517. The highest BCUT2D eigenvalue weighted by molar-refractivity contribution is 5.55. The predicted molar refractivity (Wildman–Crippen MR) is 26.0 cm³/mol. The lowest BCUT2D eigenvalue weighted by atomic mass is 10.6. The number of hydrogen-bond donors (Lipinski definition) is 2. The summed E-state index contributed by atoms with van der Waals surface area (Å²) >= 11 is 0. The molecular weight excluding hydrogens is 76.1 g/mol. The Bertz CT molecular complexity index is 34.5. The van der Waals surface area contributed by atoms with Crippen molar-refractivity contribution < 1.29 is 0 Å². The van der Waals surface area contributed by atoms with Gasteiger partial charge in [0.2, 0.25) is 0 Å². The zero-order chi connectivity index (χ0) is 4.83. The van der Waals surface area contributed by atoms with Crippen molar-refractivity contribution in [2.45, 2.75) is 0 Å². The van der Waals surface area contributed by atoms with Gasteiger partial charge in [-0.1, -0.05) is 0 Å². The molecule has 0 aliphatic carbocycles. The molecule has 0 aromatic rings. The van der Waals surface area contributed by atoms with Crippen molar-refractivity contribution >= 4 is 6.21 Å². The smallest absolute Gasteiger partial charge is 0.0672 e. The van der Waals surface area contributed by atoms with Gasteiger partial charge < -0.3 is 10.7 Å². The minimum Gasteiger partial charge on any atom is -0.311 e. The van der Waals surface area contributed by atoms with Gasteiger partial charge in [0.15, 0.2) is 0 Å². The Morgan fingerprint density at radius 1 is 1.83 bits per heavy atom. The van der Waals surface area contributed by atoms with Gasteiger partial charge in [0.1, 0.15) is 0 Å². The van der Waals surface area contributed by atoms with E-state index in [1.54, 1.807) is 0 Å². The molecule has 0 spiro atoms. The Kier molecular flexibility index (Phi) is 4.34. The van der Waals surface area contributed by atoms with Crippen molar-refractivity contribution in [3.63, 3.8) is 0 Å². The van der Waals surface area contributed by atoms with Crippen molar-refractivity contribution in [3.8, 4) is 0 Å². The van der Waals surface area contributed by atoms with Crippen LogP contribution in [0.15, 0.2) is 0 Å². The first-order valence-electron chi connectivity index (χ1n) is 1.81. The molecule has 0 unspecified atom stereocenters. The van der Waals surface area contributed by atoms with Crippen molar-refractivity contribution in [2.24, 2.45) is 0 Å². The maximum atomic E-state index is 6.37. The van der Waals surface area contributed by atoms with Gasteiger partial charge in [-0.15, -0.1) is 0 Å². The molecule has 0 rings (SSSR count). The Labute approximate surface area is 38.1 Å². The van der Waals surface area contributed by atoms with E-state index in [2.05, 4.69) is 18.5 Å². The van der Waals surface area contributed by atoms with E-state index < -0.39 is 0 Å². The second kappa shape index (κ2) is 4.63. The van der Waals surface area contributed by atoms with Crippen molar-refractivity contribution in [3.05, 3.63) is 6.92 Å². The SMILES string of the molecule is [CH2]CNC[C]=N. The predicted octanol–water partition coefficient (Wildman–Crippen LogP) is -0.0633. The molecule has 0 aromatic carbocycles. The first kappa shape index (κ1) is 5.63. The van der Waals surface area contributed by atoms with Crippen LogP contribution in [0.3, 0.4) is 0 Å². The van der Waals surface area contributed by atoms with E-state index in [1.807, 2.05) is 0 Å². The highest BCUT2D eigenvalue weighted by atomic mass is 14.8. The number of rotatable bonds is 3. The fourth-order valence-electron chi connectivity index (χ4n) is 0.151. The summed E-state index contributed by atoms with van der Waals surface area (Å²) in [6.45, 7) is 4.68. The van der Waals surface area contributed by atoms with E-state index in [-0.39, 0.29) is 0 Å². The lowest BCUT2D eigenvalue weighted by Gasteiger charge is -1.86. The van der Waals surface area contributed by atoms with E-state index in [1.165, 1.54) is 0 Å². The highest BCUT2D eigenvalue weighted by Crippen LogP contribution is 1.46. The second-order valence-electron chi connectivity index (χ2n) is 0.854. The van der Waals surface area contributed by atoms with E-state index >= 15 is 0 Å². The summed E-state index contributed by atoms with van der Waals surface area (Å²) in [6.07, 6.45) is 2.17. The molecule has 6 heavy (non-hydrogen) atoms. The number of hydrogen-bond acceptors (Lipinski definition) is 2. The van der Waals surface area contributed by atoms with Gasteiger partial charge in [-0.3, -0.25) is 0 Å². The van der Waals surface area contributed by atoms with Gasteiger partial charge in [-0.2, -0.15) is 0 Å². The molecule has 2 N–H and O–H groups in total. The zero-order valence-electron chi connectivity index (χ0n) is 3.62. The summed E-state index contributed by atoms with van der Waals surface area (Å²) in [6, 6.07) is 0. The molecule has 0 heterocycles. The Morgan fingerprint density at radius 3 is 2.67 bits per heavy atom. The molecule has 0 amide bonds. The molecule has 0 aliphatic heterocycles. The summed E-state index contributed by atoms with van der Waals surface area (Å²) in [7, 11) is 0. The van der Waals surface area contributed by atoms with Crippen LogP contribution in [0.5, 0.6) is 0 Å². The molecule has 0 saturated heterocycles. The third kappa shape index (κ3) is 3.63. The Hall–Kier alpha value is -0.370. The first-order chi connectivity index (χ1) is 2.91. The van der Waals surface area contributed by atoms with Gasteiger partial charge in [0.25, 0.3) is 0 Å². The van der Waals surface area contributed by atoms with E-state index in [0.29, 0.717) is 13.1 Å². The molecule has 0 aliphatic rings. The maximum Gasteiger partial charge on any atom is 0.0672 e. The van der Waals surface area contributed by atoms with Crippen molar-refractivity contribution in [1.82, 2.24) is 5.32 Å². The highest BCUT2D eigenvalue weighted by Gasteiger charge is 1.69. The Balaban J connectivity index is 2.49. The largest absolute Gasteiger partial charge is 0.311 e. The fraction of sp³-hybridized carbons (Fsp3) is 0.500. The molecule has 0 bridgehead atoms. The van der Waals surface area contributed by atoms with Gasteiger partial charge in [0.05, 0.1) is 6.21 Å². The monoisotopic (exact) mass is 84.1 g/mol. The summed E-state index contributed by atoms with van der Waals surface area (Å²) in [5.74, 6) is 0. The number of nitrogens with one attached hydrogen (secondary N) is 2. The fourth-order valence-corrected chi connectivity index (χ4v) is 0.151. The van der Waals surface area contributed by atoms with Crippen LogP contribution in [0.2, 0.25) is 0 Å². The van der Waals surface area contributed by atoms with Gasteiger partial charge in [0, 0.05) is 6.54 Å². The summed E-state index contributed by atoms with van der Waals surface area (Å²) in [4.78, 5) is 0. The summed E-state index contributed by atoms with van der Waals surface area (Å²) < 4.78 is 0. The van der Waals surface area contributed by atoms with Crippen molar-refractivity contribution in [2.75, 3.05) is 13.1 Å². The molecule has 0 aromatic heterocycles. The standard InChI is InChI=1S/C4H8N2/c1-2-6-4-3-5/h5-6H,1-2,4H2. The van der Waals surface area contributed by atoms with E-state index in [4.69, 9.17) is 5.41 Å². The lowest BCUT2D eigenvalue weighted by molar-refractivity contribution is 0.868. The average Bonchev–Trinajstić information content (AvgIpc) is 1.61. The van der Waals surface area contributed by atoms with Crippen LogP contribution in [-0.4, -0.2) is 19.3 Å². The Morgan fingerprint density at radius 2 is 2.50 bits per heavy atom. The first-order valence-corrected chi connectivity index (χ1v) is 1.81. The summed E-state index contributed by atoms with van der Waals surface area (Å²) in [5, 5.41) is 9.15. The maximum absolute atomic E-state index is 6.37. The molecule has 34 valence electrons. The molecule has 2 nitrogen and oxygen atoms in total. The third-order valence-corrected chi connectivity index (χ3v) is 0.390. The van der Waals surface area contributed by atoms with Crippen LogP contribution in [0.25, 0.3) is 0 Å². The van der Waals surface area contributed by atoms with Gasteiger partial charge in [-0.05, 0) is 13.5 Å². The van der Waals surface area contributed by atoms with Crippen LogP contribution in [0, 0.1) is 12.3 Å². The molecule has 0 fully saturated rings. The molecular formula is C4H8N2. The van der Waals surface area contributed by atoms with Gasteiger partial charge >= 0.3 is 0 Å². The zero-order valence-corrected chi connectivity index (χ0v) is 3.62. The third-order valence-electron chi connectivity index (χ3n) is 0.390. The minimum absolute atomic E-state index is 0.517. The molecule has 2 radical (unpaired) electrons. The summed E-state index contributed by atoms with van der Waals surface area (Å²) in [5.41, 5.74) is 0. The van der Waals surface area contributed by atoms with Crippen LogP contribution >= 0.6 is 0 Å². The average molecular weight is 84.1 g/mol. The molecule has 0 saturated carbocycles. The normalized spacial score (nSPS) is 8.17. The molecule has 2 heteroatoms. The second-order valence-corrected chi connectivity index (χ2v) is 0.854. The van der Waals surface area contributed by atoms with Crippen LogP contribution in [0.4, 0.5) is 0 Å². The van der Waals surface area contributed by atoms with Crippen LogP contribution in [0.1, 0.15) is 0 Å². The lowest BCUT2D eigenvalue weighted by Crippen LogP contribution is -2.14. The van der Waals surface area contributed by atoms with Gasteiger partial charge in [-0.25, -0.2) is 0 Å². The molecule has 0 atom stereocenters. The van der Waals surface area contributed by atoms with Crippen molar-refractivity contribution in [1.29, 1.82) is 5.41 Å². The van der Waals surface area contributed by atoms with E-state index in [9.17, 15) is 0 Å². The quantitative estimate of drug-likeness (QED) is 0.364. The van der Waals surface area contributed by atoms with E-state index in [0.717, 1.165) is 0 Å². The van der Waals surface area contributed by atoms with Crippen LogP contribution < -0.4 is 5.32 Å².